The van der Waals surface area contributed by atoms with E-state index in [4.69, 9.17) is 0 Å². The maximum Gasteiger partial charge on any atom is 0.287 e. The first-order chi connectivity index (χ1) is 10.1. The molecule has 7 heteroatoms. The number of piperidine rings is 1. The molecule has 2 heterocycles. The monoisotopic (exact) mass is 292 g/mol. The number of amides is 1. The largest absolute Gasteiger partial charge is 0.346 e. The van der Waals surface area contributed by atoms with Gasteiger partial charge in [-0.15, -0.1) is 0 Å². The number of hydrogen-bond donors (Lipinski definition) is 2. The summed E-state index contributed by atoms with van der Waals surface area (Å²) in [4.78, 5) is 22.9. The zero-order valence-corrected chi connectivity index (χ0v) is 12.0. The molecule has 0 radical (unpaired) electrons. The van der Waals surface area contributed by atoms with Gasteiger partial charge in [0.25, 0.3) is 11.6 Å². The number of aromatic nitrogens is 1. The number of carbonyl (C=O) groups is 1. The van der Waals surface area contributed by atoms with Gasteiger partial charge in [-0.2, -0.15) is 0 Å². The minimum atomic E-state index is -0.444. The Bertz CT molecular complexity index is 565. The van der Waals surface area contributed by atoms with Crippen molar-refractivity contribution in [3.05, 3.63) is 28.1 Å². The van der Waals surface area contributed by atoms with Gasteiger partial charge >= 0.3 is 0 Å². The third-order valence-electron chi connectivity index (χ3n) is 4.30. The molecule has 1 aliphatic heterocycles. The van der Waals surface area contributed by atoms with E-state index >= 15 is 0 Å². The van der Waals surface area contributed by atoms with E-state index in [1.807, 2.05) is 6.92 Å². The molecule has 114 valence electrons. The molecule has 21 heavy (non-hydrogen) atoms. The maximum atomic E-state index is 12.5. The van der Waals surface area contributed by atoms with E-state index in [0.717, 1.165) is 32.2 Å². The predicted octanol–water partition coefficient (Wildman–Crippen LogP) is 1.60. The highest BCUT2D eigenvalue weighted by Crippen LogP contribution is 2.37. The number of nitrogens with zero attached hydrogens (tertiary/aromatic N) is 2. The van der Waals surface area contributed by atoms with Gasteiger partial charge < -0.3 is 15.2 Å². The Morgan fingerprint density at radius 2 is 2.24 bits per heavy atom. The van der Waals surface area contributed by atoms with Crippen LogP contribution in [0.25, 0.3) is 0 Å². The van der Waals surface area contributed by atoms with Gasteiger partial charge in [0.1, 0.15) is 5.69 Å². The van der Waals surface area contributed by atoms with E-state index in [0.29, 0.717) is 5.69 Å². The van der Waals surface area contributed by atoms with Crippen LogP contribution >= 0.6 is 0 Å². The second-order valence-corrected chi connectivity index (χ2v) is 5.94. The van der Waals surface area contributed by atoms with Crippen molar-refractivity contribution in [2.75, 3.05) is 6.54 Å². The fraction of sp³-hybridized carbons (Fsp3) is 0.643. The van der Waals surface area contributed by atoms with Crippen molar-refractivity contribution in [1.29, 1.82) is 0 Å². The van der Waals surface area contributed by atoms with Crippen LogP contribution in [0, 0.1) is 10.1 Å². The lowest BCUT2D eigenvalue weighted by Crippen LogP contribution is -2.52. The Hall–Kier alpha value is -1.89. The smallest absolute Gasteiger partial charge is 0.287 e. The Labute approximate surface area is 122 Å². The molecule has 0 spiro atoms. The predicted molar refractivity (Wildman–Crippen MR) is 77.3 cm³/mol. The lowest BCUT2D eigenvalue weighted by Gasteiger charge is -2.30. The number of hydrogen-bond acceptors (Lipinski definition) is 4. The van der Waals surface area contributed by atoms with Gasteiger partial charge in [0, 0.05) is 24.2 Å². The van der Waals surface area contributed by atoms with Crippen LogP contribution in [0.3, 0.4) is 0 Å². The van der Waals surface area contributed by atoms with Crippen molar-refractivity contribution in [1.82, 2.24) is 15.2 Å². The van der Waals surface area contributed by atoms with Gasteiger partial charge in [0.2, 0.25) is 0 Å². The van der Waals surface area contributed by atoms with E-state index in [1.165, 1.54) is 12.3 Å². The molecule has 2 N–H and O–H groups in total. The lowest BCUT2D eigenvalue weighted by atomic mass is 10.00. The highest BCUT2D eigenvalue weighted by Gasteiger charge is 2.31. The van der Waals surface area contributed by atoms with E-state index in [-0.39, 0.29) is 29.7 Å². The number of carbonyl (C=O) groups excluding carboxylic acids is 1. The van der Waals surface area contributed by atoms with Crippen molar-refractivity contribution in [3.8, 4) is 0 Å². The van der Waals surface area contributed by atoms with Gasteiger partial charge in [-0.1, -0.05) is 0 Å². The molecule has 0 aromatic carbocycles. The summed E-state index contributed by atoms with van der Waals surface area (Å²) >= 11 is 0. The molecule has 1 aromatic heterocycles. The van der Waals surface area contributed by atoms with Crippen molar-refractivity contribution >= 4 is 11.6 Å². The van der Waals surface area contributed by atoms with Crippen LogP contribution in [0.5, 0.6) is 0 Å². The van der Waals surface area contributed by atoms with Crippen LogP contribution in [-0.4, -0.2) is 34.0 Å². The third kappa shape index (κ3) is 2.92. The molecule has 3 rings (SSSR count). The SMILES string of the molecule is CC1NCCCC1NC(=O)c1cc([N+](=O)[O-])cn1C1CC1. The minimum absolute atomic E-state index is 0.0122. The number of nitrogens with one attached hydrogen (secondary N) is 2. The van der Waals surface area contributed by atoms with Crippen molar-refractivity contribution in [3.63, 3.8) is 0 Å². The molecular weight excluding hydrogens is 272 g/mol. The first kappa shape index (κ1) is 14.1. The lowest BCUT2D eigenvalue weighted by molar-refractivity contribution is -0.384. The first-order valence-corrected chi connectivity index (χ1v) is 7.47. The molecule has 1 aliphatic carbocycles. The Morgan fingerprint density at radius 1 is 1.48 bits per heavy atom. The van der Waals surface area contributed by atoms with Crippen LogP contribution in [0.1, 0.15) is 49.1 Å². The molecular formula is C14H20N4O3. The summed E-state index contributed by atoms with van der Waals surface area (Å²) in [5.74, 6) is -0.212. The van der Waals surface area contributed by atoms with Gasteiger partial charge in [-0.3, -0.25) is 14.9 Å². The molecule has 2 unspecified atom stereocenters. The average molecular weight is 292 g/mol. The van der Waals surface area contributed by atoms with Gasteiger partial charge in [0.05, 0.1) is 11.1 Å². The normalized spacial score (nSPS) is 25.6. The minimum Gasteiger partial charge on any atom is -0.346 e. The van der Waals surface area contributed by atoms with E-state index in [9.17, 15) is 14.9 Å². The molecule has 1 saturated carbocycles. The van der Waals surface area contributed by atoms with E-state index in [2.05, 4.69) is 10.6 Å². The Balaban J connectivity index is 1.78. The van der Waals surface area contributed by atoms with Gasteiger partial charge in [-0.25, -0.2) is 0 Å². The third-order valence-corrected chi connectivity index (χ3v) is 4.30. The summed E-state index contributed by atoms with van der Waals surface area (Å²) in [5.41, 5.74) is 0.392. The second kappa shape index (κ2) is 5.48. The van der Waals surface area contributed by atoms with Crippen LogP contribution in [-0.2, 0) is 0 Å². The van der Waals surface area contributed by atoms with Gasteiger partial charge in [0.15, 0.2) is 0 Å². The topological polar surface area (TPSA) is 89.2 Å². The van der Waals surface area contributed by atoms with E-state index in [1.54, 1.807) is 4.57 Å². The zero-order chi connectivity index (χ0) is 15.0. The van der Waals surface area contributed by atoms with Crippen LogP contribution < -0.4 is 10.6 Å². The highest BCUT2D eigenvalue weighted by molar-refractivity contribution is 5.94. The molecule has 2 aliphatic rings. The summed E-state index contributed by atoms with van der Waals surface area (Å²) in [5, 5.41) is 17.3. The quantitative estimate of drug-likeness (QED) is 0.651. The summed E-state index contributed by atoms with van der Waals surface area (Å²) < 4.78 is 1.76. The molecule has 2 atom stereocenters. The first-order valence-electron chi connectivity index (χ1n) is 7.47. The maximum absolute atomic E-state index is 12.5. The summed E-state index contributed by atoms with van der Waals surface area (Å²) in [6.45, 7) is 3.02. The standard InChI is InChI=1S/C14H20N4O3/c1-9-12(3-2-6-15-9)16-14(19)13-7-11(18(20)21)8-17(13)10-4-5-10/h7-10,12,15H,2-6H2,1H3,(H,16,19). The van der Waals surface area contributed by atoms with Crippen molar-refractivity contribution in [2.24, 2.45) is 0 Å². The van der Waals surface area contributed by atoms with Crippen LogP contribution in [0.15, 0.2) is 12.3 Å². The molecule has 1 aromatic rings. The van der Waals surface area contributed by atoms with Crippen molar-refractivity contribution < 1.29 is 9.72 Å². The molecule has 1 saturated heterocycles. The number of nitro groups is 1. The van der Waals surface area contributed by atoms with Crippen LogP contribution in [0.2, 0.25) is 0 Å². The Kier molecular flexibility index (Phi) is 3.67. The summed E-state index contributed by atoms with van der Waals surface area (Å²) in [7, 11) is 0. The zero-order valence-electron chi connectivity index (χ0n) is 12.0. The highest BCUT2D eigenvalue weighted by atomic mass is 16.6. The fourth-order valence-corrected chi connectivity index (χ4v) is 2.88. The van der Waals surface area contributed by atoms with Gasteiger partial charge in [-0.05, 0) is 39.2 Å². The molecule has 0 bridgehead atoms. The van der Waals surface area contributed by atoms with E-state index < -0.39 is 4.92 Å². The number of rotatable bonds is 4. The summed E-state index contributed by atoms with van der Waals surface area (Å²) in [6, 6.07) is 1.92. The summed E-state index contributed by atoms with van der Waals surface area (Å²) in [6.07, 6.45) is 5.40. The molecule has 1 amide bonds. The Morgan fingerprint density at radius 3 is 2.86 bits per heavy atom. The second-order valence-electron chi connectivity index (χ2n) is 5.94. The molecule has 7 nitrogen and oxygen atoms in total. The average Bonchev–Trinajstić information content (AvgIpc) is 3.19. The van der Waals surface area contributed by atoms with Crippen molar-refractivity contribution in [2.45, 2.75) is 50.7 Å². The molecule has 2 fully saturated rings. The van der Waals surface area contributed by atoms with Crippen LogP contribution in [0.4, 0.5) is 5.69 Å². The fourth-order valence-electron chi connectivity index (χ4n) is 2.88.